The summed E-state index contributed by atoms with van der Waals surface area (Å²) >= 11 is 0. The average Bonchev–Trinajstić information content (AvgIpc) is 2.80. The number of carbonyl (C=O) groups is 3. The molecule has 5 rings (SSSR count). The van der Waals surface area contributed by atoms with Crippen LogP contribution in [0.4, 0.5) is 0 Å². The van der Waals surface area contributed by atoms with Gasteiger partial charge in [-0.25, -0.2) is 0 Å². The van der Waals surface area contributed by atoms with Gasteiger partial charge in [0.1, 0.15) is 17.3 Å². The fraction of sp³-hybridized carbons (Fsp3) is 0.552. The SMILES string of the molecule is CC1(C)CC(=O)C2=C(C1)OC1=C(C(=O)CC(C)(C)C1)C2c1ccc(OCC(=O)N2CCOCC2)cc1. The molecule has 1 aromatic rings. The second-order valence-electron chi connectivity index (χ2n) is 11.9. The Morgan fingerprint density at radius 1 is 0.889 bits per heavy atom. The second kappa shape index (κ2) is 9.18. The highest BCUT2D eigenvalue weighted by atomic mass is 16.5. The van der Waals surface area contributed by atoms with Crippen LogP contribution in [0.5, 0.6) is 5.75 Å². The van der Waals surface area contributed by atoms with E-state index in [1.807, 2.05) is 24.3 Å². The van der Waals surface area contributed by atoms with Crippen LogP contribution < -0.4 is 4.74 Å². The molecule has 2 aliphatic heterocycles. The molecule has 2 aliphatic carbocycles. The zero-order valence-corrected chi connectivity index (χ0v) is 21.6. The largest absolute Gasteiger partial charge is 0.484 e. The molecule has 1 saturated heterocycles. The van der Waals surface area contributed by atoms with Gasteiger partial charge in [0.05, 0.1) is 13.2 Å². The second-order valence-corrected chi connectivity index (χ2v) is 11.9. The van der Waals surface area contributed by atoms with Gasteiger partial charge in [-0.05, 0) is 28.5 Å². The van der Waals surface area contributed by atoms with Crippen molar-refractivity contribution in [3.05, 3.63) is 52.5 Å². The van der Waals surface area contributed by atoms with Crippen molar-refractivity contribution in [2.75, 3.05) is 32.9 Å². The van der Waals surface area contributed by atoms with Crippen LogP contribution in [0.1, 0.15) is 64.9 Å². The summed E-state index contributed by atoms with van der Waals surface area (Å²) in [5, 5.41) is 0. The number of ketones is 2. The Balaban J connectivity index is 1.43. The number of hydrogen-bond acceptors (Lipinski definition) is 6. The van der Waals surface area contributed by atoms with E-state index in [1.165, 1.54) is 0 Å². The van der Waals surface area contributed by atoms with E-state index in [0.29, 0.717) is 80.4 Å². The van der Waals surface area contributed by atoms with Crippen molar-refractivity contribution in [2.45, 2.75) is 59.3 Å². The van der Waals surface area contributed by atoms with Gasteiger partial charge in [0, 0.05) is 55.8 Å². The van der Waals surface area contributed by atoms with E-state index >= 15 is 0 Å². The molecule has 0 radical (unpaired) electrons. The molecular formula is C29H35NO6. The lowest BCUT2D eigenvalue weighted by Crippen LogP contribution is -2.42. The molecule has 7 heteroatoms. The first-order chi connectivity index (χ1) is 17.0. The topological polar surface area (TPSA) is 82.1 Å². The zero-order valence-electron chi connectivity index (χ0n) is 21.6. The number of hydrogen-bond donors (Lipinski definition) is 0. The molecule has 0 saturated carbocycles. The van der Waals surface area contributed by atoms with Gasteiger partial charge in [-0.3, -0.25) is 14.4 Å². The standard InChI is InChI=1S/C29H35NO6/c1-28(2)13-20(31)26-22(15-28)36-23-16-29(3,4)14-21(32)27(23)25(26)18-5-7-19(8-6-18)35-17-24(33)30-9-11-34-12-10-30/h5-8,25H,9-17H2,1-4H3. The number of ether oxygens (including phenoxy) is 3. The molecule has 1 aromatic carbocycles. The van der Waals surface area contributed by atoms with Crippen LogP contribution in [0.25, 0.3) is 0 Å². The minimum absolute atomic E-state index is 0.0393. The molecule has 2 heterocycles. The van der Waals surface area contributed by atoms with Gasteiger partial charge in [-0.15, -0.1) is 0 Å². The average molecular weight is 494 g/mol. The van der Waals surface area contributed by atoms with E-state index in [9.17, 15) is 14.4 Å². The van der Waals surface area contributed by atoms with E-state index in [1.54, 1.807) is 4.90 Å². The summed E-state index contributed by atoms with van der Waals surface area (Å²) in [6.07, 6.45) is 2.19. The first-order valence-electron chi connectivity index (χ1n) is 12.8. The molecule has 0 N–H and O–H groups in total. The third-order valence-electron chi connectivity index (χ3n) is 7.52. The molecule has 0 bridgehead atoms. The number of Topliss-reactive ketones (excluding diaryl/α,β-unsaturated/α-hetero) is 2. The molecule has 0 unspecified atom stereocenters. The van der Waals surface area contributed by atoms with E-state index in [2.05, 4.69) is 27.7 Å². The molecule has 1 fully saturated rings. The summed E-state index contributed by atoms with van der Waals surface area (Å²) in [7, 11) is 0. The fourth-order valence-corrected chi connectivity index (χ4v) is 5.81. The van der Waals surface area contributed by atoms with Crippen LogP contribution in [0.3, 0.4) is 0 Å². The van der Waals surface area contributed by atoms with Crippen molar-refractivity contribution in [3.63, 3.8) is 0 Å². The Morgan fingerprint density at radius 3 is 1.94 bits per heavy atom. The lowest BCUT2D eigenvalue weighted by Gasteiger charge is -2.42. The third kappa shape index (κ3) is 4.85. The summed E-state index contributed by atoms with van der Waals surface area (Å²) < 4.78 is 17.4. The highest BCUT2D eigenvalue weighted by Crippen LogP contribution is 2.53. The van der Waals surface area contributed by atoms with Gasteiger partial charge in [-0.1, -0.05) is 39.8 Å². The minimum Gasteiger partial charge on any atom is -0.484 e. The zero-order chi connectivity index (χ0) is 25.7. The van der Waals surface area contributed by atoms with Crippen molar-refractivity contribution in [3.8, 4) is 5.75 Å². The van der Waals surface area contributed by atoms with Gasteiger partial charge in [0.2, 0.25) is 0 Å². The van der Waals surface area contributed by atoms with Crippen LogP contribution in [0, 0.1) is 10.8 Å². The maximum absolute atomic E-state index is 13.4. The summed E-state index contributed by atoms with van der Waals surface area (Å²) in [6, 6.07) is 7.43. The van der Waals surface area contributed by atoms with Crippen molar-refractivity contribution < 1.29 is 28.6 Å². The number of carbonyl (C=O) groups excluding carboxylic acids is 3. The molecule has 0 aromatic heterocycles. The van der Waals surface area contributed by atoms with Crippen LogP contribution in [0.2, 0.25) is 0 Å². The van der Waals surface area contributed by atoms with E-state index in [4.69, 9.17) is 14.2 Å². The molecule has 192 valence electrons. The van der Waals surface area contributed by atoms with Crippen molar-refractivity contribution in [1.29, 1.82) is 0 Å². The van der Waals surface area contributed by atoms with Gasteiger partial charge in [0.25, 0.3) is 5.91 Å². The first-order valence-corrected chi connectivity index (χ1v) is 12.8. The van der Waals surface area contributed by atoms with Crippen molar-refractivity contribution >= 4 is 17.5 Å². The lowest BCUT2D eigenvalue weighted by molar-refractivity contribution is -0.137. The van der Waals surface area contributed by atoms with Crippen molar-refractivity contribution in [1.82, 2.24) is 4.90 Å². The maximum Gasteiger partial charge on any atom is 0.260 e. The Morgan fingerprint density at radius 2 is 1.42 bits per heavy atom. The predicted molar refractivity (Wildman–Crippen MR) is 133 cm³/mol. The highest BCUT2D eigenvalue weighted by molar-refractivity contribution is 6.06. The van der Waals surface area contributed by atoms with E-state index in [-0.39, 0.29) is 34.9 Å². The number of rotatable bonds is 4. The Labute approximate surface area is 212 Å². The maximum atomic E-state index is 13.4. The van der Waals surface area contributed by atoms with Gasteiger partial charge in [0.15, 0.2) is 18.2 Å². The highest BCUT2D eigenvalue weighted by Gasteiger charge is 2.47. The third-order valence-corrected chi connectivity index (χ3v) is 7.52. The van der Waals surface area contributed by atoms with E-state index in [0.717, 1.165) is 5.56 Å². The number of amides is 1. The van der Waals surface area contributed by atoms with Crippen molar-refractivity contribution in [2.24, 2.45) is 10.8 Å². The summed E-state index contributed by atoms with van der Waals surface area (Å²) in [5.74, 6) is 1.59. The number of allylic oxidation sites excluding steroid dienone is 4. The quantitative estimate of drug-likeness (QED) is 0.621. The molecule has 36 heavy (non-hydrogen) atoms. The molecular weight excluding hydrogens is 458 g/mol. The molecule has 0 atom stereocenters. The Hall–Kier alpha value is -2.93. The molecule has 1 amide bonds. The molecule has 7 nitrogen and oxygen atoms in total. The Bertz CT molecular complexity index is 1100. The summed E-state index contributed by atoms with van der Waals surface area (Å²) in [6.45, 7) is 10.5. The monoisotopic (exact) mass is 493 g/mol. The Kier molecular flexibility index (Phi) is 6.31. The fourth-order valence-electron chi connectivity index (χ4n) is 5.81. The number of benzene rings is 1. The van der Waals surface area contributed by atoms with Crippen LogP contribution in [-0.4, -0.2) is 55.3 Å². The lowest BCUT2D eigenvalue weighted by atomic mass is 9.65. The van der Waals surface area contributed by atoms with Crippen LogP contribution in [0.15, 0.2) is 46.9 Å². The van der Waals surface area contributed by atoms with Gasteiger partial charge in [-0.2, -0.15) is 0 Å². The van der Waals surface area contributed by atoms with E-state index < -0.39 is 5.92 Å². The predicted octanol–water partition coefficient (Wildman–Crippen LogP) is 4.32. The molecule has 4 aliphatic rings. The number of nitrogens with zero attached hydrogens (tertiary/aromatic N) is 1. The van der Waals surface area contributed by atoms with Gasteiger partial charge >= 0.3 is 0 Å². The summed E-state index contributed by atoms with van der Waals surface area (Å²) in [4.78, 5) is 40.9. The van der Waals surface area contributed by atoms with Crippen LogP contribution >= 0.6 is 0 Å². The first kappa shape index (κ1) is 24.8. The smallest absolute Gasteiger partial charge is 0.260 e. The molecule has 0 spiro atoms. The number of morpholine rings is 1. The van der Waals surface area contributed by atoms with Crippen LogP contribution in [-0.2, 0) is 23.9 Å². The van der Waals surface area contributed by atoms with Gasteiger partial charge < -0.3 is 19.1 Å². The minimum atomic E-state index is -0.431. The summed E-state index contributed by atoms with van der Waals surface area (Å²) in [5.41, 5.74) is 1.75. The normalized spacial score (nSPS) is 23.7.